The highest BCUT2D eigenvalue weighted by atomic mass is 16.2. The first-order chi connectivity index (χ1) is 5.54. The molecule has 0 rings (SSSR count). The minimum absolute atomic E-state index is 0.0868. The number of hydrogen-bond acceptors (Lipinski definition) is 1. The number of carbonyl (C=O) groups is 1. The summed E-state index contributed by atoms with van der Waals surface area (Å²) in [6, 6.07) is 0.462. The van der Waals surface area contributed by atoms with Gasteiger partial charge in [0.2, 0.25) is 0 Å². The molecule has 0 spiro atoms. The summed E-state index contributed by atoms with van der Waals surface area (Å²) in [5.41, 5.74) is 0. The molecule has 0 aliphatic rings. The van der Waals surface area contributed by atoms with Gasteiger partial charge in [-0.15, -0.1) is 0 Å². The summed E-state index contributed by atoms with van der Waals surface area (Å²) in [7, 11) is 5.42. The van der Waals surface area contributed by atoms with Gasteiger partial charge in [0.05, 0.1) is 0 Å². The van der Waals surface area contributed by atoms with E-state index >= 15 is 0 Å². The Hall–Kier alpha value is -0.730. The zero-order valence-electron chi connectivity index (χ0n) is 8.79. The van der Waals surface area contributed by atoms with Crippen molar-refractivity contribution in [3.8, 4) is 0 Å². The minimum Gasteiger partial charge on any atom is -0.331 e. The lowest BCUT2D eigenvalue weighted by Crippen LogP contribution is -2.42. The summed E-state index contributed by atoms with van der Waals surface area (Å²) in [5.74, 6) is 0. The van der Waals surface area contributed by atoms with Gasteiger partial charge in [-0.1, -0.05) is 13.8 Å². The molecule has 0 aliphatic carbocycles. The summed E-state index contributed by atoms with van der Waals surface area (Å²) in [4.78, 5) is 14.9. The summed E-state index contributed by atoms with van der Waals surface area (Å²) < 4.78 is 0. The summed E-state index contributed by atoms with van der Waals surface area (Å²) in [6.07, 6.45) is 2.04. The van der Waals surface area contributed by atoms with Crippen molar-refractivity contribution in [2.75, 3.05) is 21.1 Å². The first-order valence-electron chi connectivity index (χ1n) is 4.48. The molecule has 2 amide bonds. The molecule has 0 aliphatic heterocycles. The van der Waals surface area contributed by atoms with Crippen LogP contribution in [0.2, 0.25) is 0 Å². The smallest absolute Gasteiger partial charge is 0.319 e. The Morgan fingerprint density at radius 3 is 1.83 bits per heavy atom. The van der Waals surface area contributed by atoms with Gasteiger partial charge in [-0.05, 0) is 12.8 Å². The molecule has 72 valence electrons. The van der Waals surface area contributed by atoms with Crippen LogP contribution >= 0.6 is 0 Å². The van der Waals surface area contributed by atoms with Crippen LogP contribution in [0.4, 0.5) is 4.79 Å². The Labute approximate surface area is 75.3 Å². The quantitative estimate of drug-likeness (QED) is 0.636. The Bertz CT molecular complexity index is 141. The lowest BCUT2D eigenvalue weighted by atomic mass is 10.1. The normalized spacial score (nSPS) is 10.2. The molecule has 0 fully saturated rings. The fraction of sp³-hybridized carbons (Fsp3) is 0.889. The van der Waals surface area contributed by atoms with E-state index in [-0.39, 0.29) is 6.03 Å². The van der Waals surface area contributed by atoms with Crippen molar-refractivity contribution in [3.05, 3.63) is 0 Å². The number of urea groups is 1. The van der Waals surface area contributed by atoms with Crippen LogP contribution in [0.25, 0.3) is 0 Å². The molecule has 0 aromatic carbocycles. The van der Waals surface area contributed by atoms with E-state index in [1.165, 1.54) is 0 Å². The lowest BCUT2D eigenvalue weighted by Gasteiger charge is -2.28. The van der Waals surface area contributed by atoms with Gasteiger partial charge >= 0.3 is 6.03 Å². The molecule has 0 bridgehead atoms. The van der Waals surface area contributed by atoms with E-state index < -0.39 is 0 Å². The first kappa shape index (κ1) is 11.3. The summed E-state index contributed by atoms with van der Waals surface area (Å²) >= 11 is 0. The van der Waals surface area contributed by atoms with Gasteiger partial charge in [0, 0.05) is 27.2 Å². The maximum atomic E-state index is 11.5. The number of nitrogens with zero attached hydrogens (tertiary/aromatic N) is 2. The second kappa shape index (κ2) is 5.01. The molecule has 0 radical (unpaired) electrons. The van der Waals surface area contributed by atoms with E-state index in [1.54, 1.807) is 23.9 Å². The van der Waals surface area contributed by atoms with Gasteiger partial charge in [0.25, 0.3) is 0 Å². The van der Waals surface area contributed by atoms with Gasteiger partial charge < -0.3 is 9.80 Å². The summed E-state index contributed by atoms with van der Waals surface area (Å²) in [5, 5.41) is 0. The maximum absolute atomic E-state index is 11.5. The SMILES string of the molecule is CCC(CC)N(C)C(=O)N(C)C. The Morgan fingerprint density at radius 1 is 1.17 bits per heavy atom. The highest BCUT2D eigenvalue weighted by Gasteiger charge is 2.17. The number of hydrogen-bond donors (Lipinski definition) is 0. The minimum atomic E-state index is 0.0868. The van der Waals surface area contributed by atoms with E-state index in [9.17, 15) is 4.79 Å². The number of carbonyl (C=O) groups excluding carboxylic acids is 1. The van der Waals surface area contributed by atoms with Crippen LogP contribution in [-0.4, -0.2) is 43.0 Å². The Balaban J connectivity index is 4.15. The molecule has 0 aromatic heterocycles. The largest absolute Gasteiger partial charge is 0.331 e. The van der Waals surface area contributed by atoms with E-state index in [0.717, 1.165) is 12.8 Å². The van der Waals surface area contributed by atoms with Crippen LogP contribution in [0.5, 0.6) is 0 Å². The standard InChI is InChI=1S/C9H20N2O/c1-6-8(7-2)11(5)9(12)10(3)4/h8H,6-7H2,1-5H3. The van der Waals surface area contributed by atoms with Crippen molar-refractivity contribution in [2.45, 2.75) is 32.7 Å². The fourth-order valence-electron chi connectivity index (χ4n) is 1.31. The molecular formula is C9H20N2O. The first-order valence-corrected chi connectivity index (χ1v) is 4.48. The predicted molar refractivity (Wildman–Crippen MR) is 51.2 cm³/mol. The third kappa shape index (κ3) is 2.72. The van der Waals surface area contributed by atoms with Gasteiger partial charge in [-0.3, -0.25) is 0 Å². The molecule has 3 heteroatoms. The molecule has 12 heavy (non-hydrogen) atoms. The highest BCUT2D eigenvalue weighted by molar-refractivity contribution is 5.73. The van der Waals surface area contributed by atoms with Crippen molar-refractivity contribution in [2.24, 2.45) is 0 Å². The van der Waals surface area contributed by atoms with Crippen LogP contribution in [-0.2, 0) is 0 Å². The van der Waals surface area contributed by atoms with Crippen molar-refractivity contribution < 1.29 is 4.79 Å². The molecule has 3 nitrogen and oxygen atoms in total. The average molecular weight is 172 g/mol. The molecular weight excluding hydrogens is 152 g/mol. The van der Waals surface area contributed by atoms with Crippen LogP contribution in [0.1, 0.15) is 26.7 Å². The molecule has 0 aromatic rings. The molecule has 0 saturated heterocycles. The molecule has 0 N–H and O–H groups in total. The molecule has 0 saturated carbocycles. The highest BCUT2D eigenvalue weighted by Crippen LogP contribution is 2.07. The monoisotopic (exact) mass is 172 g/mol. The van der Waals surface area contributed by atoms with E-state index in [1.807, 2.05) is 7.05 Å². The Kier molecular flexibility index (Phi) is 4.71. The second-order valence-corrected chi connectivity index (χ2v) is 3.26. The lowest BCUT2D eigenvalue weighted by molar-refractivity contribution is 0.161. The van der Waals surface area contributed by atoms with Crippen molar-refractivity contribution >= 4 is 6.03 Å². The van der Waals surface area contributed by atoms with Gasteiger partial charge in [0.15, 0.2) is 0 Å². The van der Waals surface area contributed by atoms with E-state index in [0.29, 0.717) is 6.04 Å². The molecule has 0 atom stereocenters. The predicted octanol–water partition coefficient (Wildman–Crippen LogP) is 1.79. The zero-order valence-corrected chi connectivity index (χ0v) is 8.79. The van der Waals surface area contributed by atoms with E-state index in [2.05, 4.69) is 13.8 Å². The third-order valence-corrected chi connectivity index (χ3v) is 2.17. The maximum Gasteiger partial charge on any atom is 0.319 e. The third-order valence-electron chi connectivity index (χ3n) is 2.17. The van der Waals surface area contributed by atoms with Gasteiger partial charge in [-0.2, -0.15) is 0 Å². The number of rotatable bonds is 3. The topological polar surface area (TPSA) is 23.6 Å². The van der Waals surface area contributed by atoms with Crippen LogP contribution in [0.3, 0.4) is 0 Å². The van der Waals surface area contributed by atoms with Gasteiger partial charge in [-0.25, -0.2) is 4.79 Å². The van der Waals surface area contributed by atoms with Crippen molar-refractivity contribution in [3.63, 3.8) is 0 Å². The fourth-order valence-corrected chi connectivity index (χ4v) is 1.31. The Morgan fingerprint density at radius 2 is 1.58 bits per heavy atom. The van der Waals surface area contributed by atoms with Gasteiger partial charge in [0.1, 0.15) is 0 Å². The van der Waals surface area contributed by atoms with Crippen LogP contribution < -0.4 is 0 Å². The molecule has 0 unspecified atom stereocenters. The number of amides is 2. The van der Waals surface area contributed by atoms with Crippen molar-refractivity contribution in [1.29, 1.82) is 0 Å². The summed E-state index contributed by atoms with van der Waals surface area (Å²) in [6.45, 7) is 4.21. The van der Waals surface area contributed by atoms with Crippen molar-refractivity contribution in [1.82, 2.24) is 9.80 Å². The van der Waals surface area contributed by atoms with Crippen LogP contribution in [0.15, 0.2) is 0 Å². The van der Waals surface area contributed by atoms with E-state index in [4.69, 9.17) is 0 Å². The molecule has 0 heterocycles. The zero-order chi connectivity index (χ0) is 9.72. The van der Waals surface area contributed by atoms with Crippen LogP contribution in [0, 0.1) is 0 Å². The second-order valence-electron chi connectivity index (χ2n) is 3.26. The average Bonchev–Trinajstić information content (AvgIpc) is 2.05.